The van der Waals surface area contributed by atoms with Crippen molar-refractivity contribution in [2.24, 2.45) is 0 Å². The number of carbonyl (C=O) groups excluding carboxylic acids is 1. The second kappa shape index (κ2) is 6.43. The highest BCUT2D eigenvalue weighted by Gasteiger charge is 2.42. The van der Waals surface area contributed by atoms with Crippen LogP contribution in [0.3, 0.4) is 0 Å². The molecule has 3 aromatic rings. The normalized spacial score (nSPS) is 18.0. The minimum Gasteiger partial charge on any atom is -0.467 e. The van der Waals surface area contributed by atoms with Crippen molar-refractivity contribution >= 4 is 23.0 Å². The lowest BCUT2D eigenvalue weighted by Gasteiger charge is -2.29. The Morgan fingerprint density at radius 2 is 2.04 bits per heavy atom. The number of furan rings is 1. The first-order valence-electron chi connectivity index (χ1n) is 8.53. The van der Waals surface area contributed by atoms with Crippen molar-refractivity contribution in [3.8, 4) is 0 Å². The van der Waals surface area contributed by atoms with Gasteiger partial charge >= 0.3 is 12.1 Å². The van der Waals surface area contributed by atoms with Crippen LogP contribution in [0.15, 0.2) is 58.3 Å². The lowest BCUT2D eigenvalue weighted by molar-refractivity contribution is -0.214. The molecule has 1 aromatic carbocycles. The Labute approximate surface area is 157 Å². The number of para-hydroxylation sites is 2. The van der Waals surface area contributed by atoms with E-state index >= 15 is 0 Å². The highest BCUT2D eigenvalue weighted by molar-refractivity contribution is 5.94. The maximum atomic E-state index is 12.9. The molecular formula is C19H16F3N3O3. The van der Waals surface area contributed by atoms with E-state index in [4.69, 9.17) is 9.15 Å². The van der Waals surface area contributed by atoms with Gasteiger partial charge < -0.3 is 14.5 Å². The quantitative estimate of drug-likeness (QED) is 0.670. The molecule has 4 rings (SSSR count). The van der Waals surface area contributed by atoms with Gasteiger partial charge in [0.05, 0.1) is 22.9 Å². The third kappa shape index (κ3) is 2.92. The molecule has 3 heterocycles. The number of ether oxygens (including phenoxy) is 1. The van der Waals surface area contributed by atoms with Crippen LogP contribution in [0.4, 0.5) is 19.1 Å². The number of fused-ring (bicyclic) bond motifs is 3. The van der Waals surface area contributed by atoms with Gasteiger partial charge in [-0.2, -0.15) is 13.2 Å². The van der Waals surface area contributed by atoms with Crippen molar-refractivity contribution in [2.75, 3.05) is 5.32 Å². The highest BCUT2D eigenvalue weighted by atomic mass is 19.4. The number of esters is 1. The summed E-state index contributed by atoms with van der Waals surface area (Å²) in [6, 6.07) is 9.74. The molecule has 1 N–H and O–H groups in total. The Hall–Kier alpha value is -3.23. The highest BCUT2D eigenvalue weighted by Crippen LogP contribution is 2.40. The molecule has 0 saturated heterocycles. The Morgan fingerprint density at radius 3 is 2.71 bits per heavy atom. The van der Waals surface area contributed by atoms with Crippen molar-refractivity contribution in [3.05, 3.63) is 59.7 Å². The number of halogens is 3. The zero-order valence-corrected chi connectivity index (χ0v) is 14.9. The van der Waals surface area contributed by atoms with Crippen molar-refractivity contribution in [2.45, 2.75) is 32.2 Å². The van der Waals surface area contributed by atoms with Crippen LogP contribution >= 0.6 is 0 Å². The molecule has 0 fully saturated rings. The minimum absolute atomic E-state index is 0.0294. The van der Waals surface area contributed by atoms with Crippen LogP contribution in [-0.2, 0) is 9.53 Å². The van der Waals surface area contributed by atoms with Gasteiger partial charge in [0, 0.05) is 5.70 Å². The number of nitrogens with zero attached hydrogens (tertiary/aromatic N) is 2. The maximum Gasteiger partial charge on any atom is 0.425 e. The van der Waals surface area contributed by atoms with Gasteiger partial charge in [-0.3, -0.25) is 4.57 Å². The van der Waals surface area contributed by atoms with E-state index in [1.54, 1.807) is 29.7 Å². The van der Waals surface area contributed by atoms with E-state index in [0.29, 0.717) is 28.4 Å². The number of aromatic nitrogens is 2. The Balaban J connectivity index is 1.84. The maximum absolute atomic E-state index is 12.9. The van der Waals surface area contributed by atoms with E-state index in [-0.39, 0.29) is 5.57 Å². The molecule has 0 radical (unpaired) electrons. The molecule has 0 spiro atoms. The number of benzene rings is 1. The smallest absolute Gasteiger partial charge is 0.425 e. The van der Waals surface area contributed by atoms with E-state index in [1.807, 2.05) is 18.2 Å². The predicted molar refractivity (Wildman–Crippen MR) is 94.5 cm³/mol. The van der Waals surface area contributed by atoms with Crippen LogP contribution in [0, 0.1) is 0 Å². The number of hydrogen-bond donors (Lipinski definition) is 1. The first-order valence-corrected chi connectivity index (χ1v) is 8.53. The zero-order valence-electron chi connectivity index (χ0n) is 14.9. The van der Waals surface area contributed by atoms with Crippen molar-refractivity contribution in [3.63, 3.8) is 0 Å². The topological polar surface area (TPSA) is 69.3 Å². The summed E-state index contributed by atoms with van der Waals surface area (Å²) in [5.74, 6) is -0.225. The predicted octanol–water partition coefficient (Wildman–Crippen LogP) is 4.41. The van der Waals surface area contributed by atoms with Crippen LogP contribution in [0.1, 0.15) is 25.6 Å². The minimum atomic E-state index is -4.65. The van der Waals surface area contributed by atoms with Crippen molar-refractivity contribution in [1.82, 2.24) is 9.55 Å². The lowest BCUT2D eigenvalue weighted by atomic mass is 10.00. The molecule has 0 bridgehead atoms. The molecule has 2 aromatic heterocycles. The van der Waals surface area contributed by atoms with Gasteiger partial charge in [0.1, 0.15) is 11.8 Å². The molecule has 9 heteroatoms. The van der Waals surface area contributed by atoms with Crippen LogP contribution in [0.5, 0.6) is 0 Å². The number of alkyl halides is 3. The number of carbonyl (C=O) groups is 1. The summed E-state index contributed by atoms with van der Waals surface area (Å²) in [6.45, 7) is 2.39. The average molecular weight is 391 g/mol. The first-order chi connectivity index (χ1) is 13.3. The van der Waals surface area contributed by atoms with Gasteiger partial charge in [-0.15, -0.1) is 0 Å². The molecule has 146 valence electrons. The van der Waals surface area contributed by atoms with E-state index in [2.05, 4.69) is 10.3 Å². The fraction of sp³-hybridized carbons (Fsp3) is 0.263. The Morgan fingerprint density at radius 1 is 1.29 bits per heavy atom. The fourth-order valence-electron chi connectivity index (χ4n) is 3.24. The van der Waals surface area contributed by atoms with E-state index < -0.39 is 24.3 Å². The lowest BCUT2D eigenvalue weighted by Crippen LogP contribution is -2.35. The standard InChI is InChI=1S/C19H16F3N3O3/c1-10-15(17(26)28-11(2)19(20,21)22)16(14-8-5-9-27-14)25-13-7-4-3-6-12(13)24-18(25)23-10/h3-9,11,16H,1-2H3,(H,23,24)/t11-,16-/m0/s1. The number of allylic oxidation sites excluding steroid dienone is 1. The van der Waals surface area contributed by atoms with Crippen LogP contribution in [-0.4, -0.2) is 27.8 Å². The van der Waals surface area contributed by atoms with Crippen molar-refractivity contribution < 1.29 is 27.1 Å². The van der Waals surface area contributed by atoms with Crippen LogP contribution < -0.4 is 5.32 Å². The summed E-state index contributed by atoms with van der Waals surface area (Å²) in [5, 5.41) is 2.99. The van der Waals surface area contributed by atoms with Crippen LogP contribution in [0.2, 0.25) is 0 Å². The molecule has 1 aliphatic rings. The van der Waals surface area contributed by atoms with Gasteiger partial charge in [-0.1, -0.05) is 12.1 Å². The summed E-state index contributed by atoms with van der Waals surface area (Å²) < 4.78 is 50.6. The van der Waals surface area contributed by atoms with Crippen molar-refractivity contribution in [1.29, 1.82) is 0 Å². The number of hydrogen-bond acceptors (Lipinski definition) is 5. The number of nitrogens with one attached hydrogen (secondary N) is 1. The Kier molecular flexibility index (Phi) is 4.17. The molecule has 28 heavy (non-hydrogen) atoms. The van der Waals surface area contributed by atoms with E-state index in [9.17, 15) is 18.0 Å². The monoisotopic (exact) mass is 391 g/mol. The Bertz CT molecular complexity index is 1070. The van der Waals surface area contributed by atoms with Gasteiger partial charge in [0.15, 0.2) is 6.10 Å². The molecule has 1 aliphatic heterocycles. The second-order valence-electron chi connectivity index (χ2n) is 6.46. The number of anilines is 1. The van der Waals surface area contributed by atoms with E-state index in [0.717, 1.165) is 6.92 Å². The number of rotatable bonds is 3. The molecule has 0 unspecified atom stereocenters. The van der Waals surface area contributed by atoms with Crippen LogP contribution in [0.25, 0.3) is 11.0 Å². The third-order valence-electron chi connectivity index (χ3n) is 4.61. The van der Waals surface area contributed by atoms with Gasteiger partial charge in [0.2, 0.25) is 5.95 Å². The zero-order chi connectivity index (χ0) is 20.1. The molecular weight excluding hydrogens is 375 g/mol. The molecule has 0 saturated carbocycles. The average Bonchev–Trinajstić information content (AvgIpc) is 3.27. The fourth-order valence-corrected chi connectivity index (χ4v) is 3.24. The largest absolute Gasteiger partial charge is 0.467 e. The summed E-state index contributed by atoms with van der Waals surface area (Å²) in [4.78, 5) is 17.2. The summed E-state index contributed by atoms with van der Waals surface area (Å²) >= 11 is 0. The SMILES string of the molecule is CC1=C(C(=O)O[C@@H](C)C(F)(F)F)[C@H](c2ccco2)n2c(nc3ccccc32)N1. The second-order valence-corrected chi connectivity index (χ2v) is 6.46. The number of imidazole rings is 1. The summed E-state index contributed by atoms with van der Waals surface area (Å²) in [6.07, 6.45) is -5.45. The molecule has 0 amide bonds. The van der Waals surface area contributed by atoms with E-state index in [1.165, 1.54) is 6.26 Å². The molecule has 6 nitrogen and oxygen atoms in total. The van der Waals surface area contributed by atoms with Gasteiger partial charge in [0.25, 0.3) is 0 Å². The molecule has 2 atom stereocenters. The third-order valence-corrected chi connectivity index (χ3v) is 4.61. The van der Waals surface area contributed by atoms with Gasteiger partial charge in [-0.25, -0.2) is 9.78 Å². The summed E-state index contributed by atoms with van der Waals surface area (Å²) in [5.41, 5.74) is 1.76. The molecule has 0 aliphatic carbocycles. The first kappa shape index (κ1) is 18.1. The van der Waals surface area contributed by atoms with Gasteiger partial charge in [-0.05, 0) is 38.1 Å². The summed E-state index contributed by atoms with van der Waals surface area (Å²) in [7, 11) is 0.